The number of rotatable bonds is 3. The first kappa shape index (κ1) is 16.3. The summed E-state index contributed by atoms with van der Waals surface area (Å²) in [5, 5.41) is 7.99. The normalized spacial score (nSPS) is 23.2. The number of anilines is 1. The zero-order valence-corrected chi connectivity index (χ0v) is 14.0. The van der Waals surface area contributed by atoms with Crippen LogP contribution in [-0.2, 0) is 4.79 Å². The summed E-state index contributed by atoms with van der Waals surface area (Å²) in [6.07, 6.45) is 3.49. The van der Waals surface area contributed by atoms with Gasteiger partial charge in [0.2, 0.25) is 5.91 Å². The summed E-state index contributed by atoms with van der Waals surface area (Å²) in [5.41, 5.74) is 6.08. The van der Waals surface area contributed by atoms with Crippen LogP contribution in [0.3, 0.4) is 0 Å². The molecular weight excluding hydrogens is 306 g/mol. The lowest BCUT2D eigenvalue weighted by Gasteiger charge is -2.37. The van der Waals surface area contributed by atoms with Crippen LogP contribution < -0.4 is 10.6 Å². The van der Waals surface area contributed by atoms with Gasteiger partial charge in [0.1, 0.15) is 11.4 Å². The van der Waals surface area contributed by atoms with Gasteiger partial charge in [0.15, 0.2) is 0 Å². The SMILES string of the molecule is CN(C)C(=N)c1ccc(N2C[C@@]3(C(N)=O)[CH]CCCN3C2=O)cc1. The molecule has 3 N–H and O–H groups in total. The standard InChI is InChI=1S/C17H22N5O2/c1-20(2)14(18)12-5-7-13(8-6-12)21-11-17(15(19)23)9-3-4-10-22(17)16(21)24/h5-9,18H,3-4,10-11H2,1-2H3,(H2,19,23)/t17-/m1/s1. The number of hydrogen-bond acceptors (Lipinski definition) is 3. The van der Waals surface area contributed by atoms with Gasteiger partial charge in [-0.15, -0.1) is 0 Å². The van der Waals surface area contributed by atoms with Crippen molar-refractivity contribution in [3.8, 4) is 0 Å². The number of piperidine rings is 1. The molecule has 2 heterocycles. The number of carbonyl (C=O) groups is 2. The number of urea groups is 1. The Morgan fingerprint density at radius 2 is 1.96 bits per heavy atom. The van der Waals surface area contributed by atoms with Gasteiger partial charge in [0.25, 0.3) is 0 Å². The van der Waals surface area contributed by atoms with Crippen LogP contribution in [0, 0.1) is 11.8 Å². The van der Waals surface area contributed by atoms with Crippen molar-refractivity contribution in [3.05, 3.63) is 36.2 Å². The Kier molecular flexibility index (Phi) is 3.95. The smallest absolute Gasteiger partial charge is 0.325 e. The zero-order valence-electron chi connectivity index (χ0n) is 14.0. The Labute approximate surface area is 141 Å². The summed E-state index contributed by atoms with van der Waals surface area (Å²) in [4.78, 5) is 29.7. The topological polar surface area (TPSA) is 93.7 Å². The van der Waals surface area contributed by atoms with Gasteiger partial charge in [-0.2, -0.15) is 0 Å². The van der Waals surface area contributed by atoms with E-state index < -0.39 is 11.4 Å². The first-order valence-electron chi connectivity index (χ1n) is 7.96. The lowest BCUT2D eigenvalue weighted by Crippen LogP contribution is -2.59. The fraction of sp³-hybridized carbons (Fsp3) is 0.412. The van der Waals surface area contributed by atoms with Crippen molar-refractivity contribution >= 4 is 23.5 Å². The van der Waals surface area contributed by atoms with Gasteiger partial charge < -0.3 is 15.5 Å². The van der Waals surface area contributed by atoms with Crippen LogP contribution in [0.4, 0.5) is 10.5 Å². The second kappa shape index (κ2) is 5.81. The highest BCUT2D eigenvalue weighted by Gasteiger charge is 2.55. The molecule has 2 aliphatic rings. The van der Waals surface area contributed by atoms with E-state index in [2.05, 4.69) is 0 Å². The molecule has 0 bridgehead atoms. The third-order valence-corrected chi connectivity index (χ3v) is 4.74. The molecule has 0 aliphatic carbocycles. The molecule has 3 amide bonds. The Balaban J connectivity index is 1.89. The van der Waals surface area contributed by atoms with Crippen molar-refractivity contribution < 1.29 is 9.59 Å². The Bertz CT molecular complexity index is 685. The molecule has 2 fully saturated rings. The van der Waals surface area contributed by atoms with Gasteiger partial charge in [-0.05, 0) is 43.5 Å². The predicted molar refractivity (Wildman–Crippen MR) is 91.9 cm³/mol. The maximum atomic E-state index is 12.8. The molecule has 1 aromatic carbocycles. The van der Waals surface area contributed by atoms with E-state index in [1.165, 1.54) is 0 Å². The van der Waals surface area contributed by atoms with Gasteiger partial charge >= 0.3 is 6.03 Å². The van der Waals surface area contributed by atoms with Crippen molar-refractivity contribution in [1.29, 1.82) is 5.41 Å². The number of amides is 3. The lowest BCUT2D eigenvalue weighted by atomic mass is 9.87. The second-order valence-corrected chi connectivity index (χ2v) is 6.45. The number of primary amides is 1. The van der Waals surface area contributed by atoms with Crippen LogP contribution in [-0.4, -0.2) is 60.3 Å². The number of nitrogens with two attached hydrogens (primary N) is 1. The molecule has 0 spiro atoms. The predicted octanol–water partition coefficient (Wildman–Crippen LogP) is 1.04. The van der Waals surface area contributed by atoms with Crippen LogP contribution in [0.1, 0.15) is 18.4 Å². The molecule has 127 valence electrons. The highest BCUT2D eigenvalue weighted by atomic mass is 16.2. The first-order valence-corrected chi connectivity index (χ1v) is 7.96. The van der Waals surface area contributed by atoms with E-state index >= 15 is 0 Å². The van der Waals surface area contributed by atoms with Gasteiger partial charge in [0.05, 0.1) is 6.54 Å². The summed E-state index contributed by atoms with van der Waals surface area (Å²) >= 11 is 0. The number of nitrogens with one attached hydrogen (secondary N) is 1. The molecule has 2 saturated heterocycles. The van der Waals surface area contributed by atoms with Crippen LogP contribution in [0.5, 0.6) is 0 Å². The molecule has 1 aromatic rings. The quantitative estimate of drug-likeness (QED) is 0.641. The first-order chi connectivity index (χ1) is 11.4. The molecule has 2 aliphatic heterocycles. The summed E-state index contributed by atoms with van der Waals surface area (Å²) in [6.45, 7) is 0.782. The fourth-order valence-electron chi connectivity index (χ4n) is 3.34. The summed E-state index contributed by atoms with van der Waals surface area (Å²) in [7, 11) is 3.62. The molecule has 0 unspecified atom stereocenters. The largest absolute Gasteiger partial charge is 0.368 e. The number of amidine groups is 1. The molecule has 0 saturated carbocycles. The van der Waals surface area contributed by atoms with Gasteiger partial charge in [-0.3, -0.25) is 15.1 Å². The number of benzene rings is 1. The van der Waals surface area contributed by atoms with Crippen LogP contribution in [0.15, 0.2) is 24.3 Å². The Morgan fingerprint density at radius 1 is 1.29 bits per heavy atom. The van der Waals surface area contributed by atoms with Crippen LogP contribution in [0.2, 0.25) is 0 Å². The molecule has 1 atom stereocenters. The molecule has 1 radical (unpaired) electrons. The van der Waals surface area contributed by atoms with Gasteiger partial charge in [0, 0.05) is 31.9 Å². The van der Waals surface area contributed by atoms with E-state index in [-0.39, 0.29) is 12.6 Å². The number of carbonyl (C=O) groups excluding carboxylic acids is 2. The second-order valence-electron chi connectivity index (χ2n) is 6.45. The minimum Gasteiger partial charge on any atom is -0.368 e. The summed E-state index contributed by atoms with van der Waals surface area (Å²) in [6, 6.07) is 7.03. The van der Waals surface area contributed by atoms with Gasteiger partial charge in [-0.1, -0.05) is 0 Å². The van der Waals surface area contributed by atoms with E-state index in [0.29, 0.717) is 18.1 Å². The Morgan fingerprint density at radius 3 is 2.50 bits per heavy atom. The molecule has 7 heteroatoms. The van der Waals surface area contributed by atoms with Crippen LogP contribution in [0.25, 0.3) is 0 Å². The maximum absolute atomic E-state index is 12.8. The molecular formula is C17H22N5O2. The molecule has 7 nitrogen and oxygen atoms in total. The van der Waals surface area contributed by atoms with Crippen LogP contribution >= 0.6 is 0 Å². The number of fused-ring (bicyclic) bond motifs is 1. The van der Waals surface area contributed by atoms with Crippen molar-refractivity contribution in [2.45, 2.75) is 18.4 Å². The zero-order chi connectivity index (χ0) is 17.5. The number of nitrogens with zero attached hydrogens (tertiary/aromatic N) is 3. The minimum absolute atomic E-state index is 0.194. The third-order valence-electron chi connectivity index (χ3n) is 4.74. The van der Waals surface area contributed by atoms with Crippen molar-refractivity contribution in [1.82, 2.24) is 9.80 Å². The lowest BCUT2D eigenvalue weighted by molar-refractivity contribution is -0.126. The van der Waals surface area contributed by atoms with E-state index in [4.69, 9.17) is 11.1 Å². The van der Waals surface area contributed by atoms with Crippen molar-refractivity contribution in [3.63, 3.8) is 0 Å². The number of hydrogen-bond donors (Lipinski definition) is 2. The highest BCUT2D eigenvalue weighted by Crippen LogP contribution is 2.37. The molecule has 3 rings (SSSR count). The summed E-state index contributed by atoms with van der Waals surface area (Å²) in [5.74, 6) is -0.0855. The highest BCUT2D eigenvalue weighted by molar-refractivity contribution is 6.04. The summed E-state index contributed by atoms with van der Waals surface area (Å²) < 4.78 is 0. The van der Waals surface area contributed by atoms with E-state index in [0.717, 1.165) is 18.4 Å². The Hall–Kier alpha value is -2.57. The van der Waals surface area contributed by atoms with E-state index in [9.17, 15) is 9.59 Å². The molecule has 24 heavy (non-hydrogen) atoms. The van der Waals surface area contributed by atoms with E-state index in [1.54, 1.807) is 26.8 Å². The van der Waals surface area contributed by atoms with Crippen molar-refractivity contribution in [2.24, 2.45) is 5.73 Å². The van der Waals surface area contributed by atoms with Crippen molar-refractivity contribution in [2.75, 3.05) is 32.1 Å². The fourth-order valence-corrected chi connectivity index (χ4v) is 3.34. The van der Waals surface area contributed by atoms with E-state index in [1.807, 2.05) is 32.6 Å². The minimum atomic E-state index is -1.01. The van der Waals surface area contributed by atoms with Gasteiger partial charge in [-0.25, -0.2) is 4.79 Å². The average molecular weight is 328 g/mol. The average Bonchev–Trinajstić information content (AvgIpc) is 2.89. The third kappa shape index (κ3) is 2.40. The maximum Gasteiger partial charge on any atom is 0.325 e. The molecule has 0 aromatic heterocycles. The monoisotopic (exact) mass is 328 g/mol.